The van der Waals surface area contributed by atoms with Gasteiger partial charge in [0, 0.05) is 32.4 Å². The van der Waals surface area contributed by atoms with Gasteiger partial charge in [-0.05, 0) is 42.7 Å². The van der Waals surface area contributed by atoms with E-state index in [2.05, 4.69) is 25.2 Å². The van der Waals surface area contributed by atoms with E-state index in [4.69, 9.17) is 4.74 Å². The topological polar surface area (TPSA) is 83.5 Å². The molecule has 1 amide bonds. The van der Waals surface area contributed by atoms with Crippen LogP contribution in [0.4, 0.5) is 21.8 Å². The number of nitrogens with one attached hydrogen (secondary N) is 1. The summed E-state index contributed by atoms with van der Waals surface area (Å²) in [7, 11) is 1.77. The van der Waals surface area contributed by atoms with Crippen LogP contribution in [0.5, 0.6) is 11.6 Å². The minimum absolute atomic E-state index is 0.100. The Balaban J connectivity index is 1.26. The fourth-order valence-electron chi connectivity index (χ4n) is 3.90. The molecule has 1 N–H and O–H groups in total. The summed E-state index contributed by atoms with van der Waals surface area (Å²) in [5, 5.41) is 3.22. The molecule has 2 aliphatic rings. The highest BCUT2D eigenvalue weighted by Crippen LogP contribution is 2.37. The summed E-state index contributed by atoms with van der Waals surface area (Å²) in [6.07, 6.45) is 5.23. The van der Waals surface area contributed by atoms with Crippen LogP contribution in [-0.4, -0.2) is 40.5 Å². The summed E-state index contributed by atoms with van der Waals surface area (Å²) in [6.45, 7) is 1.31. The quantitative estimate of drug-likeness (QED) is 0.678. The number of hydrogen-bond acceptors (Lipinski definition) is 7. The van der Waals surface area contributed by atoms with Crippen LogP contribution in [-0.2, 0) is 11.3 Å². The molecule has 5 rings (SSSR count). The van der Waals surface area contributed by atoms with Crippen molar-refractivity contribution in [3.8, 4) is 11.6 Å². The number of anilines is 3. The molecule has 0 radical (unpaired) electrons. The number of halogens is 1. The lowest BCUT2D eigenvalue weighted by Gasteiger charge is -2.36. The van der Waals surface area contributed by atoms with Crippen LogP contribution in [0, 0.1) is 5.82 Å². The summed E-state index contributed by atoms with van der Waals surface area (Å²) < 4.78 is 18.6. The zero-order valence-corrected chi connectivity index (χ0v) is 17.0. The molecule has 2 aliphatic heterocycles. The Morgan fingerprint density at radius 1 is 1.16 bits per heavy atom. The number of pyridine rings is 1. The predicted octanol–water partition coefficient (Wildman–Crippen LogP) is 3.36. The van der Waals surface area contributed by atoms with Gasteiger partial charge in [-0.3, -0.25) is 4.79 Å². The van der Waals surface area contributed by atoms with Crippen molar-refractivity contribution in [1.82, 2.24) is 15.0 Å². The molecule has 0 spiro atoms. The third-order valence-corrected chi connectivity index (χ3v) is 5.54. The number of fused-ring (bicyclic) bond motifs is 3. The van der Waals surface area contributed by atoms with Gasteiger partial charge >= 0.3 is 0 Å². The SMILES string of the molecule is CN1C(=O)[C@@H]2CCCN2c2nc(NCc3ccc(Oc4ccc(F)cc4)nc3)ncc21. The second-order valence-corrected chi connectivity index (χ2v) is 7.57. The average Bonchev–Trinajstić information content (AvgIpc) is 3.29. The van der Waals surface area contributed by atoms with Gasteiger partial charge < -0.3 is 19.9 Å². The third kappa shape index (κ3) is 3.74. The third-order valence-electron chi connectivity index (χ3n) is 5.54. The molecule has 158 valence electrons. The largest absolute Gasteiger partial charge is 0.439 e. The Morgan fingerprint density at radius 3 is 2.77 bits per heavy atom. The molecule has 0 aliphatic carbocycles. The van der Waals surface area contributed by atoms with Crippen molar-refractivity contribution in [1.29, 1.82) is 0 Å². The zero-order chi connectivity index (χ0) is 21.4. The van der Waals surface area contributed by atoms with E-state index >= 15 is 0 Å². The van der Waals surface area contributed by atoms with Gasteiger partial charge in [0.25, 0.3) is 0 Å². The van der Waals surface area contributed by atoms with Gasteiger partial charge in [-0.25, -0.2) is 14.4 Å². The smallest absolute Gasteiger partial charge is 0.249 e. The Labute approximate surface area is 178 Å². The van der Waals surface area contributed by atoms with E-state index in [-0.39, 0.29) is 17.8 Å². The number of nitrogens with zero attached hydrogens (tertiary/aromatic N) is 5. The van der Waals surface area contributed by atoms with Crippen LogP contribution in [0.15, 0.2) is 48.8 Å². The number of ether oxygens (including phenoxy) is 1. The fourth-order valence-corrected chi connectivity index (χ4v) is 3.90. The van der Waals surface area contributed by atoms with Gasteiger partial charge in [-0.2, -0.15) is 4.98 Å². The van der Waals surface area contributed by atoms with Gasteiger partial charge in [0.15, 0.2) is 5.82 Å². The molecule has 9 heteroatoms. The maximum absolute atomic E-state index is 13.0. The zero-order valence-electron chi connectivity index (χ0n) is 17.0. The molecule has 3 aromatic rings. The number of rotatable bonds is 5. The van der Waals surface area contributed by atoms with Gasteiger partial charge in [0.05, 0.1) is 6.20 Å². The maximum atomic E-state index is 13.0. The molecule has 4 heterocycles. The van der Waals surface area contributed by atoms with Crippen LogP contribution in [0.25, 0.3) is 0 Å². The van der Waals surface area contributed by atoms with Crippen molar-refractivity contribution < 1.29 is 13.9 Å². The number of carbonyl (C=O) groups is 1. The molecule has 0 bridgehead atoms. The van der Waals surface area contributed by atoms with Crippen LogP contribution >= 0.6 is 0 Å². The van der Waals surface area contributed by atoms with Gasteiger partial charge in [-0.15, -0.1) is 0 Å². The number of aromatic nitrogens is 3. The summed E-state index contributed by atoms with van der Waals surface area (Å²) in [6, 6.07) is 9.29. The maximum Gasteiger partial charge on any atom is 0.249 e. The molecule has 1 fully saturated rings. The standard InChI is InChI=1S/C22H21FN6O2/c1-28-18-13-26-22(27-20(18)29-10-2-3-17(29)21(28)30)25-12-14-4-9-19(24-11-14)31-16-7-5-15(23)6-8-16/h4-9,11,13,17H,2-3,10,12H2,1H3,(H,25,26,27)/t17-/m0/s1. The monoisotopic (exact) mass is 420 g/mol. The summed E-state index contributed by atoms with van der Waals surface area (Å²) >= 11 is 0. The lowest BCUT2D eigenvalue weighted by molar-refractivity contribution is -0.119. The van der Waals surface area contributed by atoms with Gasteiger partial charge in [0.2, 0.25) is 17.7 Å². The van der Waals surface area contributed by atoms with Crippen molar-refractivity contribution >= 4 is 23.4 Å². The van der Waals surface area contributed by atoms with Crippen LogP contribution in [0.3, 0.4) is 0 Å². The van der Waals surface area contributed by atoms with Crippen molar-refractivity contribution in [3.05, 3.63) is 60.2 Å². The van der Waals surface area contributed by atoms with Crippen LogP contribution in [0.2, 0.25) is 0 Å². The van der Waals surface area contributed by atoms with E-state index in [0.29, 0.717) is 24.1 Å². The highest BCUT2D eigenvalue weighted by molar-refractivity contribution is 6.04. The first kappa shape index (κ1) is 19.2. The first-order chi connectivity index (χ1) is 15.1. The highest BCUT2D eigenvalue weighted by Gasteiger charge is 2.40. The Bertz CT molecular complexity index is 1110. The van der Waals surface area contributed by atoms with E-state index in [9.17, 15) is 9.18 Å². The summed E-state index contributed by atoms with van der Waals surface area (Å²) in [5.74, 6) is 2.02. The predicted molar refractivity (Wildman–Crippen MR) is 114 cm³/mol. The fraction of sp³-hybridized carbons (Fsp3) is 0.273. The Hall–Kier alpha value is -3.75. The number of hydrogen-bond donors (Lipinski definition) is 1. The van der Waals surface area contributed by atoms with E-state index in [1.54, 1.807) is 42.5 Å². The van der Waals surface area contributed by atoms with Crippen molar-refractivity contribution in [2.75, 3.05) is 28.7 Å². The molecular formula is C22H21FN6O2. The van der Waals surface area contributed by atoms with Crippen LogP contribution < -0.4 is 19.9 Å². The molecule has 1 saturated heterocycles. The van der Waals surface area contributed by atoms with E-state index in [1.165, 1.54) is 12.1 Å². The molecule has 8 nitrogen and oxygen atoms in total. The second-order valence-electron chi connectivity index (χ2n) is 7.57. The second kappa shape index (κ2) is 7.82. The normalized spacial score (nSPS) is 17.4. The Morgan fingerprint density at radius 2 is 2.00 bits per heavy atom. The van der Waals surface area contributed by atoms with E-state index < -0.39 is 0 Å². The first-order valence-electron chi connectivity index (χ1n) is 10.1. The minimum atomic E-state index is -0.315. The Kier molecular flexibility index (Phi) is 4.85. The number of likely N-dealkylation sites (N-methyl/N-ethyl adjacent to an activating group) is 1. The molecule has 2 aromatic heterocycles. The summed E-state index contributed by atoms with van der Waals surface area (Å²) in [5.41, 5.74) is 1.66. The van der Waals surface area contributed by atoms with Crippen LogP contribution in [0.1, 0.15) is 18.4 Å². The average molecular weight is 420 g/mol. The molecule has 1 aromatic carbocycles. The summed E-state index contributed by atoms with van der Waals surface area (Å²) in [4.78, 5) is 29.6. The molecule has 0 saturated carbocycles. The highest BCUT2D eigenvalue weighted by atomic mass is 19.1. The lowest BCUT2D eigenvalue weighted by Crippen LogP contribution is -2.49. The van der Waals surface area contributed by atoms with Gasteiger partial charge in [-0.1, -0.05) is 6.07 Å². The molecule has 1 atom stereocenters. The number of amides is 1. The first-order valence-corrected chi connectivity index (χ1v) is 10.1. The van der Waals surface area contributed by atoms with Crippen molar-refractivity contribution in [2.45, 2.75) is 25.4 Å². The van der Waals surface area contributed by atoms with Gasteiger partial charge in [0.1, 0.15) is 23.3 Å². The molecular weight excluding hydrogens is 399 g/mol. The van der Waals surface area contributed by atoms with Crippen molar-refractivity contribution in [3.63, 3.8) is 0 Å². The number of benzene rings is 1. The molecule has 0 unspecified atom stereocenters. The van der Waals surface area contributed by atoms with E-state index in [0.717, 1.165) is 36.5 Å². The van der Waals surface area contributed by atoms with Crippen molar-refractivity contribution in [2.24, 2.45) is 0 Å². The number of carbonyl (C=O) groups excluding carboxylic acids is 1. The lowest BCUT2D eigenvalue weighted by atomic mass is 10.1. The van der Waals surface area contributed by atoms with E-state index in [1.807, 2.05) is 6.07 Å². The molecule has 31 heavy (non-hydrogen) atoms. The minimum Gasteiger partial charge on any atom is -0.439 e.